The summed E-state index contributed by atoms with van der Waals surface area (Å²) < 4.78 is 5.20. The quantitative estimate of drug-likeness (QED) is 0.814. The van der Waals surface area contributed by atoms with Gasteiger partial charge >= 0.3 is 0 Å². The molecular weight excluding hydrogens is 260 g/mol. The van der Waals surface area contributed by atoms with E-state index in [4.69, 9.17) is 10.5 Å². The molecule has 0 heterocycles. The molecule has 0 aromatic heterocycles. The zero-order valence-electron chi connectivity index (χ0n) is 11.1. The highest BCUT2D eigenvalue weighted by Gasteiger charge is 2.17. The van der Waals surface area contributed by atoms with Crippen LogP contribution in [-0.4, -0.2) is 24.0 Å². The van der Waals surface area contributed by atoms with Crippen LogP contribution in [0.5, 0.6) is 5.75 Å². The Labute approximate surface area is 118 Å². The van der Waals surface area contributed by atoms with E-state index in [0.29, 0.717) is 28.1 Å². The van der Waals surface area contributed by atoms with Crippen molar-refractivity contribution in [3.05, 3.63) is 18.2 Å². The van der Waals surface area contributed by atoms with Gasteiger partial charge in [0.15, 0.2) is 0 Å². The second kappa shape index (κ2) is 6.70. The van der Waals surface area contributed by atoms with Gasteiger partial charge in [-0.25, -0.2) is 0 Å². The van der Waals surface area contributed by atoms with Crippen LogP contribution >= 0.6 is 11.8 Å². The summed E-state index contributed by atoms with van der Waals surface area (Å²) >= 11 is 1.74. The van der Waals surface area contributed by atoms with Crippen LogP contribution in [-0.2, 0) is 4.79 Å². The third-order valence-corrected chi connectivity index (χ3v) is 4.62. The monoisotopic (exact) mass is 280 g/mol. The predicted octanol–water partition coefficient (Wildman–Crippen LogP) is 2.89. The highest BCUT2D eigenvalue weighted by atomic mass is 32.2. The van der Waals surface area contributed by atoms with E-state index in [1.165, 1.54) is 25.7 Å². The van der Waals surface area contributed by atoms with Crippen molar-refractivity contribution in [1.29, 1.82) is 0 Å². The van der Waals surface area contributed by atoms with E-state index in [1.807, 2.05) is 0 Å². The van der Waals surface area contributed by atoms with Crippen LogP contribution in [0.2, 0.25) is 0 Å². The van der Waals surface area contributed by atoms with Crippen LogP contribution in [0.4, 0.5) is 11.4 Å². The molecule has 1 aliphatic carbocycles. The van der Waals surface area contributed by atoms with Crippen LogP contribution in [0.3, 0.4) is 0 Å². The van der Waals surface area contributed by atoms with Gasteiger partial charge in [0.05, 0.1) is 18.6 Å². The van der Waals surface area contributed by atoms with Crippen molar-refractivity contribution in [1.82, 2.24) is 0 Å². The first-order chi connectivity index (χ1) is 9.19. The van der Waals surface area contributed by atoms with Crippen LogP contribution in [0.15, 0.2) is 18.2 Å². The number of carbonyl (C=O) groups is 1. The van der Waals surface area contributed by atoms with Gasteiger partial charge in [-0.15, -0.1) is 11.8 Å². The molecule has 19 heavy (non-hydrogen) atoms. The van der Waals surface area contributed by atoms with E-state index >= 15 is 0 Å². The summed E-state index contributed by atoms with van der Waals surface area (Å²) in [5.74, 6) is 1.12. The Morgan fingerprint density at radius 1 is 1.47 bits per heavy atom. The van der Waals surface area contributed by atoms with E-state index in [1.54, 1.807) is 37.1 Å². The Hall–Kier alpha value is -1.36. The maximum absolute atomic E-state index is 11.9. The second-order valence-electron chi connectivity index (χ2n) is 4.73. The standard InChI is InChI=1S/C14H20N2O2S/c1-18-13-7-6-10(15)8-12(13)16-14(17)9-19-11-4-2-3-5-11/h6-8,11H,2-5,9,15H2,1H3,(H,16,17). The lowest BCUT2D eigenvalue weighted by Gasteiger charge is -2.12. The Morgan fingerprint density at radius 2 is 2.21 bits per heavy atom. The van der Waals surface area contributed by atoms with Crippen LogP contribution in [0.25, 0.3) is 0 Å². The van der Waals surface area contributed by atoms with Gasteiger partial charge in [0.25, 0.3) is 0 Å². The van der Waals surface area contributed by atoms with Gasteiger partial charge in [-0.1, -0.05) is 12.8 Å². The number of nitrogens with two attached hydrogens (primary N) is 1. The molecule has 0 radical (unpaired) electrons. The summed E-state index contributed by atoms with van der Waals surface area (Å²) in [7, 11) is 1.58. The van der Waals surface area contributed by atoms with Gasteiger partial charge in [-0.05, 0) is 31.0 Å². The summed E-state index contributed by atoms with van der Waals surface area (Å²) in [6, 6.07) is 5.23. The molecule has 1 aromatic rings. The molecule has 1 saturated carbocycles. The average Bonchev–Trinajstić information content (AvgIpc) is 2.90. The topological polar surface area (TPSA) is 64.3 Å². The lowest BCUT2D eigenvalue weighted by Crippen LogP contribution is -2.16. The Morgan fingerprint density at radius 3 is 2.89 bits per heavy atom. The third kappa shape index (κ3) is 4.06. The number of anilines is 2. The number of ether oxygens (including phenoxy) is 1. The first-order valence-electron chi connectivity index (χ1n) is 6.54. The van der Waals surface area contributed by atoms with Crippen molar-refractivity contribution in [2.45, 2.75) is 30.9 Å². The van der Waals surface area contributed by atoms with Crippen molar-refractivity contribution in [3.8, 4) is 5.75 Å². The lowest BCUT2D eigenvalue weighted by atomic mass is 10.2. The number of amides is 1. The minimum absolute atomic E-state index is 0.000741. The van der Waals surface area contributed by atoms with Crippen molar-refractivity contribution < 1.29 is 9.53 Å². The normalized spacial score (nSPS) is 15.4. The lowest BCUT2D eigenvalue weighted by molar-refractivity contribution is -0.113. The molecule has 4 nitrogen and oxygen atoms in total. The molecule has 1 fully saturated rings. The molecule has 0 spiro atoms. The number of hydrogen-bond acceptors (Lipinski definition) is 4. The predicted molar refractivity (Wildman–Crippen MR) is 80.8 cm³/mol. The Balaban J connectivity index is 1.88. The Bertz CT molecular complexity index is 445. The summed E-state index contributed by atoms with van der Waals surface area (Å²) in [6.45, 7) is 0. The van der Waals surface area contributed by atoms with Crippen molar-refractivity contribution >= 4 is 29.0 Å². The largest absolute Gasteiger partial charge is 0.495 e. The first kappa shape index (κ1) is 14.1. The smallest absolute Gasteiger partial charge is 0.234 e. The number of nitrogen functional groups attached to an aromatic ring is 1. The highest BCUT2D eigenvalue weighted by Crippen LogP contribution is 2.30. The van der Waals surface area contributed by atoms with Gasteiger partial charge in [0.2, 0.25) is 5.91 Å². The van der Waals surface area contributed by atoms with E-state index in [9.17, 15) is 4.79 Å². The molecule has 1 amide bonds. The minimum atomic E-state index is 0.000741. The fourth-order valence-corrected chi connectivity index (χ4v) is 3.38. The average molecular weight is 280 g/mol. The molecule has 0 aliphatic heterocycles. The SMILES string of the molecule is COc1ccc(N)cc1NC(=O)CSC1CCCC1. The van der Waals surface area contributed by atoms with Crippen LogP contribution in [0.1, 0.15) is 25.7 Å². The van der Waals surface area contributed by atoms with Crippen molar-refractivity contribution in [3.63, 3.8) is 0 Å². The molecule has 2 rings (SSSR count). The Kier molecular flexibility index (Phi) is 4.96. The van der Waals surface area contributed by atoms with Gasteiger partial charge in [-0.3, -0.25) is 4.79 Å². The molecule has 1 aromatic carbocycles. The van der Waals surface area contributed by atoms with Crippen molar-refractivity contribution in [2.75, 3.05) is 23.9 Å². The molecule has 0 atom stereocenters. The van der Waals surface area contributed by atoms with E-state index < -0.39 is 0 Å². The summed E-state index contributed by atoms with van der Waals surface area (Å²) in [5, 5.41) is 3.51. The number of carbonyl (C=O) groups excluding carboxylic acids is 1. The number of methoxy groups -OCH3 is 1. The number of hydrogen-bond donors (Lipinski definition) is 2. The fraction of sp³-hybridized carbons (Fsp3) is 0.500. The highest BCUT2D eigenvalue weighted by molar-refractivity contribution is 8.00. The molecule has 0 unspecified atom stereocenters. The minimum Gasteiger partial charge on any atom is -0.495 e. The van der Waals surface area contributed by atoms with Gasteiger partial charge in [0, 0.05) is 10.9 Å². The summed E-state index contributed by atoms with van der Waals surface area (Å²) in [5.41, 5.74) is 6.97. The zero-order valence-corrected chi connectivity index (χ0v) is 12.0. The second-order valence-corrected chi connectivity index (χ2v) is 6.01. The molecular formula is C14H20N2O2S. The fourth-order valence-electron chi connectivity index (χ4n) is 2.26. The number of benzene rings is 1. The molecule has 0 bridgehead atoms. The van der Waals surface area contributed by atoms with E-state index in [-0.39, 0.29) is 5.91 Å². The number of rotatable bonds is 5. The van der Waals surface area contributed by atoms with Gasteiger partial charge in [-0.2, -0.15) is 0 Å². The third-order valence-electron chi connectivity index (χ3n) is 3.25. The molecule has 5 heteroatoms. The number of nitrogens with one attached hydrogen (secondary N) is 1. The van der Waals surface area contributed by atoms with Gasteiger partial charge in [0.1, 0.15) is 5.75 Å². The molecule has 3 N–H and O–H groups in total. The number of thioether (sulfide) groups is 1. The zero-order chi connectivity index (χ0) is 13.7. The van der Waals surface area contributed by atoms with E-state index in [0.717, 1.165) is 0 Å². The first-order valence-corrected chi connectivity index (χ1v) is 7.59. The van der Waals surface area contributed by atoms with E-state index in [2.05, 4.69) is 5.32 Å². The molecule has 0 saturated heterocycles. The maximum Gasteiger partial charge on any atom is 0.234 e. The maximum atomic E-state index is 11.9. The molecule has 1 aliphatic rings. The summed E-state index contributed by atoms with van der Waals surface area (Å²) in [6.07, 6.45) is 5.06. The van der Waals surface area contributed by atoms with Crippen LogP contribution < -0.4 is 15.8 Å². The summed E-state index contributed by atoms with van der Waals surface area (Å²) in [4.78, 5) is 11.9. The van der Waals surface area contributed by atoms with Gasteiger partial charge < -0.3 is 15.8 Å². The van der Waals surface area contributed by atoms with Crippen molar-refractivity contribution in [2.24, 2.45) is 0 Å². The van der Waals surface area contributed by atoms with Crippen LogP contribution in [0, 0.1) is 0 Å². The molecule has 104 valence electrons.